The second-order valence-corrected chi connectivity index (χ2v) is 7.66. The van der Waals surface area contributed by atoms with Crippen molar-refractivity contribution in [2.24, 2.45) is 0 Å². The molecule has 1 N–H and O–H groups in total. The Morgan fingerprint density at radius 3 is 2.89 bits per heavy atom. The van der Waals surface area contributed by atoms with Gasteiger partial charge in [0.15, 0.2) is 0 Å². The SMILES string of the molecule is CSC1CCCCC1NC1CCc2c(Br)cccc21. The maximum Gasteiger partial charge on any atom is 0.0329 e. The number of hydrogen-bond donors (Lipinski definition) is 1. The molecule has 1 aromatic carbocycles. The van der Waals surface area contributed by atoms with Crippen molar-refractivity contribution in [1.29, 1.82) is 0 Å². The lowest BCUT2D eigenvalue weighted by Gasteiger charge is -2.33. The maximum atomic E-state index is 3.96. The highest BCUT2D eigenvalue weighted by atomic mass is 79.9. The average Bonchev–Trinajstić information content (AvgIpc) is 2.84. The molecule has 0 amide bonds. The third kappa shape index (κ3) is 2.88. The molecule has 0 saturated heterocycles. The van der Waals surface area contributed by atoms with E-state index in [9.17, 15) is 0 Å². The molecule has 2 aliphatic rings. The van der Waals surface area contributed by atoms with E-state index in [-0.39, 0.29) is 0 Å². The predicted molar refractivity (Wildman–Crippen MR) is 87.9 cm³/mol. The Balaban J connectivity index is 1.73. The molecule has 0 bridgehead atoms. The molecule has 3 atom stereocenters. The smallest absolute Gasteiger partial charge is 0.0329 e. The summed E-state index contributed by atoms with van der Waals surface area (Å²) in [5, 5.41) is 4.77. The normalized spacial score (nSPS) is 30.3. The average molecular weight is 340 g/mol. The Morgan fingerprint density at radius 1 is 1.21 bits per heavy atom. The fourth-order valence-electron chi connectivity index (χ4n) is 3.61. The topological polar surface area (TPSA) is 12.0 Å². The third-order valence-corrected chi connectivity index (χ3v) is 6.55. The van der Waals surface area contributed by atoms with Crippen LogP contribution in [0.25, 0.3) is 0 Å². The molecule has 0 spiro atoms. The lowest BCUT2D eigenvalue weighted by atomic mass is 9.93. The summed E-state index contributed by atoms with van der Waals surface area (Å²) < 4.78 is 1.29. The van der Waals surface area contributed by atoms with Crippen LogP contribution in [0.1, 0.15) is 49.3 Å². The van der Waals surface area contributed by atoms with Crippen molar-refractivity contribution >= 4 is 27.7 Å². The summed E-state index contributed by atoms with van der Waals surface area (Å²) in [7, 11) is 0. The van der Waals surface area contributed by atoms with Crippen LogP contribution in [-0.2, 0) is 6.42 Å². The Hall–Kier alpha value is 0.0100. The van der Waals surface area contributed by atoms with E-state index in [4.69, 9.17) is 0 Å². The second kappa shape index (κ2) is 6.19. The van der Waals surface area contributed by atoms with Gasteiger partial charge < -0.3 is 5.32 Å². The molecule has 0 radical (unpaired) electrons. The van der Waals surface area contributed by atoms with Crippen LogP contribution in [0.4, 0.5) is 0 Å². The zero-order valence-corrected chi connectivity index (χ0v) is 13.9. The van der Waals surface area contributed by atoms with Crippen molar-refractivity contribution in [1.82, 2.24) is 5.32 Å². The summed E-state index contributed by atoms with van der Waals surface area (Å²) in [6, 6.07) is 7.94. The quantitative estimate of drug-likeness (QED) is 0.856. The van der Waals surface area contributed by atoms with Crippen LogP contribution < -0.4 is 5.32 Å². The first-order valence-electron chi connectivity index (χ1n) is 7.35. The van der Waals surface area contributed by atoms with Gasteiger partial charge in [-0.15, -0.1) is 0 Å². The van der Waals surface area contributed by atoms with Crippen LogP contribution in [0.2, 0.25) is 0 Å². The first-order chi connectivity index (χ1) is 9.29. The van der Waals surface area contributed by atoms with E-state index in [0.29, 0.717) is 12.1 Å². The number of benzene rings is 1. The van der Waals surface area contributed by atoms with Gasteiger partial charge in [-0.25, -0.2) is 0 Å². The fourth-order valence-corrected chi connectivity index (χ4v) is 5.14. The van der Waals surface area contributed by atoms with Gasteiger partial charge in [-0.1, -0.05) is 40.9 Å². The lowest BCUT2D eigenvalue weighted by Crippen LogP contribution is -2.41. The van der Waals surface area contributed by atoms with Gasteiger partial charge in [0.25, 0.3) is 0 Å². The molecule has 0 aromatic heterocycles. The Kier molecular flexibility index (Phi) is 4.55. The molecule has 1 aromatic rings. The number of thioether (sulfide) groups is 1. The molecule has 3 unspecified atom stereocenters. The van der Waals surface area contributed by atoms with Gasteiger partial charge in [-0.05, 0) is 49.1 Å². The van der Waals surface area contributed by atoms with E-state index < -0.39 is 0 Å². The van der Waals surface area contributed by atoms with Crippen molar-refractivity contribution in [3.8, 4) is 0 Å². The fraction of sp³-hybridized carbons (Fsp3) is 0.625. The first kappa shape index (κ1) is 14.0. The van der Waals surface area contributed by atoms with Crippen molar-refractivity contribution in [3.63, 3.8) is 0 Å². The summed E-state index contributed by atoms with van der Waals surface area (Å²) in [6.45, 7) is 0. The number of hydrogen-bond acceptors (Lipinski definition) is 2. The van der Waals surface area contributed by atoms with Crippen LogP contribution in [0.3, 0.4) is 0 Å². The Labute approximate surface area is 129 Å². The minimum Gasteiger partial charge on any atom is -0.306 e. The van der Waals surface area contributed by atoms with Crippen molar-refractivity contribution in [3.05, 3.63) is 33.8 Å². The molecule has 1 nitrogen and oxygen atoms in total. The summed E-state index contributed by atoms with van der Waals surface area (Å²) >= 11 is 5.74. The molecule has 2 aliphatic carbocycles. The minimum absolute atomic E-state index is 0.574. The number of halogens is 1. The third-order valence-electron chi connectivity index (χ3n) is 4.63. The molecule has 1 fully saturated rings. The van der Waals surface area contributed by atoms with Gasteiger partial charge in [0, 0.05) is 21.8 Å². The Bertz CT molecular complexity index is 448. The van der Waals surface area contributed by atoms with Gasteiger partial charge in [0.2, 0.25) is 0 Å². The van der Waals surface area contributed by atoms with Crippen LogP contribution in [0, 0.1) is 0 Å². The summed E-state index contributed by atoms with van der Waals surface area (Å²) in [5.41, 5.74) is 3.05. The number of nitrogens with one attached hydrogen (secondary N) is 1. The predicted octanol–water partition coefficient (Wildman–Crippen LogP) is 4.70. The van der Waals surface area contributed by atoms with Crippen molar-refractivity contribution in [2.45, 2.75) is 55.9 Å². The van der Waals surface area contributed by atoms with E-state index in [1.54, 1.807) is 0 Å². The first-order valence-corrected chi connectivity index (χ1v) is 9.44. The van der Waals surface area contributed by atoms with Gasteiger partial charge in [0.05, 0.1) is 0 Å². The highest BCUT2D eigenvalue weighted by Crippen LogP contribution is 2.37. The van der Waals surface area contributed by atoms with E-state index in [1.165, 1.54) is 54.1 Å². The molecule has 3 rings (SSSR count). The highest BCUT2D eigenvalue weighted by molar-refractivity contribution is 9.10. The van der Waals surface area contributed by atoms with Crippen LogP contribution in [0.5, 0.6) is 0 Å². The Morgan fingerprint density at radius 2 is 2.05 bits per heavy atom. The van der Waals surface area contributed by atoms with E-state index >= 15 is 0 Å². The van der Waals surface area contributed by atoms with Crippen LogP contribution in [-0.4, -0.2) is 17.5 Å². The second-order valence-electron chi connectivity index (χ2n) is 5.73. The van der Waals surface area contributed by atoms with Gasteiger partial charge in [-0.2, -0.15) is 11.8 Å². The molecule has 0 aliphatic heterocycles. The van der Waals surface area contributed by atoms with E-state index in [0.717, 1.165) is 5.25 Å². The van der Waals surface area contributed by atoms with Crippen molar-refractivity contribution in [2.75, 3.05) is 6.26 Å². The zero-order valence-electron chi connectivity index (χ0n) is 11.5. The molecule has 0 heterocycles. The summed E-state index contributed by atoms with van der Waals surface area (Å²) in [6.07, 6.45) is 10.3. The van der Waals surface area contributed by atoms with Gasteiger partial charge in [0.1, 0.15) is 0 Å². The molecule has 19 heavy (non-hydrogen) atoms. The molecule has 3 heteroatoms. The largest absolute Gasteiger partial charge is 0.306 e. The van der Waals surface area contributed by atoms with Gasteiger partial charge >= 0.3 is 0 Å². The lowest BCUT2D eigenvalue weighted by molar-refractivity contribution is 0.346. The maximum absolute atomic E-state index is 3.96. The monoisotopic (exact) mass is 339 g/mol. The molecular weight excluding hydrogens is 318 g/mol. The van der Waals surface area contributed by atoms with Crippen molar-refractivity contribution < 1.29 is 0 Å². The van der Waals surface area contributed by atoms with Crippen LogP contribution in [0.15, 0.2) is 22.7 Å². The standard InChI is InChI=1S/C16H22BrNS/c1-19-16-8-3-2-7-15(16)18-14-10-9-11-12(14)5-4-6-13(11)17/h4-6,14-16,18H,2-3,7-10H2,1H3. The van der Waals surface area contributed by atoms with E-state index in [1.807, 2.05) is 11.8 Å². The molecule has 104 valence electrons. The van der Waals surface area contributed by atoms with Crippen LogP contribution >= 0.6 is 27.7 Å². The summed E-state index contributed by atoms with van der Waals surface area (Å²) in [4.78, 5) is 0. The van der Waals surface area contributed by atoms with Gasteiger partial charge in [-0.3, -0.25) is 0 Å². The number of rotatable bonds is 3. The molecular formula is C16H22BrNS. The van der Waals surface area contributed by atoms with E-state index in [2.05, 4.69) is 45.7 Å². The zero-order chi connectivity index (χ0) is 13.2. The minimum atomic E-state index is 0.574. The number of fused-ring (bicyclic) bond motifs is 1. The summed E-state index contributed by atoms with van der Waals surface area (Å²) in [5.74, 6) is 0. The highest BCUT2D eigenvalue weighted by Gasteiger charge is 2.30. The molecule has 1 saturated carbocycles.